The lowest BCUT2D eigenvalue weighted by Gasteiger charge is -2.02. The van der Waals surface area contributed by atoms with Crippen molar-refractivity contribution in [3.8, 4) is 0 Å². The van der Waals surface area contributed by atoms with Gasteiger partial charge in [0, 0.05) is 17.5 Å². The first-order valence-electron chi connectivity index (χ1n) is 4.92. The molecular formula is C10H8N2O4S2. The van der Waals surface area contributed by atoms with Crippen molar-refractivity contribution in [1.29, 1.82) is 0 Å². The van der Waals surface area contributed by atoms with Crippen molar-refractivity contribution in [1.82, 2.24) is 4.37 Å². The van der Waals surface area contributed by atoms with Crippen molar-refractivity contribution in [2.45, 2.75) is 17.2 Å². The number of carbonyl (C=O) groups is 1. The molecule has 0 amide bonds. The smallest absolute Gasteiger partial charge is 0.316 e. The van der Waals surface area contributed by atoms with Crippen LogP contribution < -0.4 is 0 Å². The fourth-order valence-corrected chi connectivity index (χ4v) is 3.06. The van der Waals surface area contributed by atoms with Crippen LogP contribution in [0, 0.1) is 10.1 Å². The number of fused-ring (bicyclic) bond motifs is 1. The fourth-order valence-electron chi connectivity index (χ4n) is 1.32. The quantitative estimate of drug-likeness (QED) is 0.527. The van der Waals surface area contributed by atoms with E-state index in [1.165, 1.54) is 23.7 Å². The molecule has 0 saturated carbocycles. The molecule has 1 heterocycles. The molecule has 6 nitrogen and oxygen atoms in total. The molecule has 0 fully saturated rings. The van der Waals surface area contributed by atoms with E-state index in [1.54, 1.807) is 13.0 Å². The maximum absolute atomic E-state index is 10.8. The van der Waals surface area contributed by atoms with Gasteiger partial charge in [-0.15, -0.1) is 0 Å². The highest BCUT2D eigenvalue weighted by Gasteiger charge is 2.18. The van der Waals surface area contributed by atoms with Crippen LogP contribution in [0.25, 0.3) is 10.1 Å². The summed E-state index contributed by atoms with van der Waals surface area (Å²) in [5, 5.41) is 20.0. The summed E-state index contributed by atoms with van der Waals surface area (Å²) in [5.41, 5.74) is -0.0208. The predicted octanol–water partition coefficient (Wildman–Crippen LogP) is 2.77. The first-order valence-corrected chi connectivity index (χ1v) is 6.57. The van der Waals surface area contributed by atoms with E-state index in [1.807, 2.05) is 0 Å². The second-order valence-corrected chi connectivity index (χ2v) is 5.66. The molecule has 0 aliphatic rings. The minimum absolute atomic E-state index is 0.0208. The predicted molar refractivity (Wildman–Crippen MR) is 69.2 cm³/mol. The fraction of sp³-hybridized carbons (Fsp3) is 0.200. The second-order valence-electron chi connectivity index (χ2n) is 3.52. The van der Waals surface area contributed by atoms with Crippen molar-refractivity contribution in [2.24, 2.45) is 0 Å². The van der Waals surface area contributed by atoms with E-state index in [9.17, 15) is 14.9 Å². The van der Waals surface area contributed by atoms with Gasteiger partial charge in [-0.3, -0.25) is 14.9 Å². The SMILES string of the molecule is CC(Sc1nsc2ccc([N+](=O)[O-])cc12)C(=O)O. The topological polar surface area (TPSA) is 93.3 Å². The highest BCUT2D eigenvalue weighted by atomic mass is 32.2. The van der Waals surface area contributed by atoms with Gasteiger partial charge in [0.25, 0.3) is 5.69 Å². The van der Waals surface area contributed by atoms with Crippen LogP contribution in [0.2, 0.25) is 0 Å². The van der Waals surface area contributed by atoms with Gasteiger partial charge in [0.1, 0.15) is 10.3 Å². The Balaban J connectivity index is 2.42. The van der Waals surface area contributed by atoms with E-state index < -0.39 is 16.1 Å². The zero-order valence-corrected chi connectivity index (χ0v) is 10.8. The van der Waals surface area contributed by atoms with Crippen LogP contribution in [-0.4, -0.2) is 25.6 Å². The van der Waals surface area contributed by atoms with Crippen LogP contribution in [0.1, 0.15) is 6.92 Å². The number of thioether (sulfide) groups is 1. The van der Waals surface area contributed by atoms with E-state index in [0.717, 1.165) is 16.5 Å². The number of aromatic nitrogens is 1. The van der Waals surface area contributed by atoms with Crippen LogP contribution in [0.15, 0.2) is 23.2 Å². The molecule has 1 N–H and O–H groups in total. The molecule has 0 bridgehead atoms. The van der Waals surface area contributed by atoms with Gasteiger partial charge in [0.2, 0.25) is 0 Å². The number of nitrogens with zero attached hydrogens (tertiary/aromatic N) is 2. The van der Waals surface area contributed by atoms with Crippen LogP contribution in [0.4, 0.5) is 5.69 Å². The molecule has 2 rings (SSSR count). The van der Waals surface area contributed by atoms with E-state index in [4.69, 9.17) is 5.11 Å². The number of hydrogen-bond donors (Lipinski definition) is 1. The normalized spacial score (nSPS) is 12.5. The minimum atomic E-state index is -0.938. The largest absolute Gasteiger partial charge is 0.480 e. The Kier molecular flexibility index (Phi) is 3.48. The van der Waals surface area contributed by atoms with Crippen molar-refractivity contribution in [3.05, 3.63) is 28.3 Å². The molecule has 1 aromatic heterocycles. The summed E-state index contributed by atoms with van der Waals surface area (Å²) in [7, 11) is 0. The summed E-state index contributed by atoms with van der Waals surface area (Å²) in [5.74, 6) is -0.938. The van der Waals surface area contributed by atoms with E-state index >= 15 is 0 Å². The first kappa shape index (κ1) is 12.8. The average Bonchev–Trinajstić information content (AvgIpc) is 2.71. The maximum atomic E-state index is 10.8. The molecule has 1 unspecified atom stereocenters. The summed E-state index contributed by atoms with van der Waals surface area (Å²) < 4.78 is 4.94. The molecule has 0 aliphatic carbocycles. The lowest BCUT2D eigenvalue weighted by atomic mass is 10.2. The number of benzene rings is 1. The summed E-state index contributed by atoms with van der Waals surface area (Å²) in [6.07, 6.45) is 0. The van der Waals surface area contributed by atoms with Crippen LogP contribution in [0.5, 0.6) is 0 Å². The summed E-state index contributed by atoms with van der Waals surface area (Å²) in [6, 6.07) is 4.46. The number of non-ortho nitro benzene ring substituents is 1. The Hall–Kier alpha value is -1.67. The molecule has 8 heteroatoms. The minimum Gasteiger partial charge on any atom is -0.480 e. The van der Waals surface area contributed by atoms with Gasteiger partial charge in [-0.05, 0) is 24.5 Å². The average molecular weight is 284 g/mol. The number of nitro groups is 1. The molecule has 2 aromatic rings. The number of carboxylic acids is 1. The molecule has 0 radical (unpaired) electrons. The Labute approximate surface area is 110 Å². The highest BCUT2D eigenvalue weighted by molar-refractivity contribution is 8.00. The molecule has 1 aromatic carbocycles. The van der Waals surface area contributed by atoms with Crippen molar-refractivity contribution >= 4 is 45.0 Å². The lowest BCUT2D eigenvalue weighted by Crippen LogP contribution is -2.11. The molecule has 1 atom stereocenters. The van der Waals surface area contributed by atoms with E-state index in [-0.39, 0.29) is 5.69 Å². The molecular weight excluding hydrogens is 276 g/mol. The Morgan fingerprint density at radius 2 is 2.33 bits per heavy atom. The Morgan fingerprint density at radius 3 is 2.94 bits per heavy atom. The van der Waals surface area contributed by atoms with Crippen molar-refractivity contribution < 1.29 is 14.8 Å². The zero-order chi connectivity index (χ0) is 13.3. The Morgan fingerprint density at radius 1 is 1.61 bits per heavy atom. The standard InChI is InChI=1S/C10H8N2O4S2/c1-5(10(13)14)17-9-7-4-6(12(15)16)2-3-8(7)18-11-9/h2-5H,1H3,(H,13,14). The molecule has 0 spiro atoms. The zero-order valence-electron chi connectivity index (χ0n) is 9.19. The summed E-state index contributed by atoms with van der Waals surface area (Å²) in [4.78, 5) is 21.0. The highest BCUT2D eigenvalue weighted by Crippen LogP contribution is 2.34. The van der Waals surface area contributed by atoms with Crippen LogP contribution in [-0.2, 0) is 4.79 Å². The first-order chi connectivity index (χ1) is 8.49. The van der Waals surface area contributed by atoms with Gasteiger partial charge in [0.15, 0.2) is 0 Å². The number of nitro benzene ring substituents is 1. The van der Waals surface area contributed by atoms with Gasteiger partial charge < -0.3 is 5.11 Å². The number of aliphatic carboxylic acids is 1. The molecule has 0 saturated heterocycles. The van der Waals surface area contributed by atoms with Gasteiger partial charge >= 0.3 is 5.97 Å². The third-order valence-corrected chi connectivity index (χ3v) is 4.30. The van der Waals surface area contributed by atoms with Crippen molar-refractivity contribution in [2.75, 3.05) is 0 Å². The van der Waals surface area contributed by atoms with Crippen LogP contribution in [0.3, 0.4) is 0 Å². The third kappa shape index (κ3) is 2.44. The third-order valence-electron chi connectivity index (χ3n) is 2.27. The maximum Gasteiger partial charge on any atom is 0.316 e. The molecule has 18 heavy (non-hydrogen) atoms. The van der Waals surface area contributed by atoms with Gasteiger partial charge in [-0.2, -0.15) is 4.37 Å². The number of hydrogen-bond acceptors (Lipinski definition) is 6. The monoisotopic (exact) mass is 284 g/mol. The summed E-state index contributed by atoms with van der Waals surface area (Å²) >= 11 is 2.29. The molecule has 0 aliphatic heterocycles. The van der Waals surface area contributed by atoms with E-state index in [2.05, 4.69) is 4.37 Å². The molecule has 94 valence electrons. The number of carboxylic acid groups (broad SMARTS) is 1. The van der Waals surface area contributed by atoms with Gasteiger partial charge in [-0.1, -0.05) is 11.8 Å². The van der Waals surface area contributed by atoms with Crippen LogP contribution >= 0.6 is 23.3 Å². The number of rotatable bonds is 4. The van der Waals surface area contributed by atoms with E-state index in [0.29, 0.717) is 10.4 Å². The van der Waals surface area contributed by atoms with Crippen molar-refractivity contribution in [3.63, 3.8) is 0 Å². The van der Waals surface area contributed by atoms with Gasteiger partial charge in [-0.25, -0.2) is 0 Å². The lowest BCUT2D eigenvalue weighted by molar-refractivity contribution is -0.384. The van der Waals surface area contributed by atoms with Gasteiger partial charge in [0.05, 0.1) is 9.62 Å². The second kappa shape index (κ2) is 4.91. The summed E-state index contributed by atoms with van der Waals surface area (Å²) in [6.45, 7) is 1.55. The Bertz CT molecular complexity index is 625.